The summed E-state index contributed by atoms with van der Waals surface area (Å²) in [5, 5.41) is 0. The number of likely N-dealkylation sites (N-methyl/N-ethyl adjacent to an activating group) is 1. The van der Waals surface area contributed by atoms with Crippen molar-refractivity contribution >= 4 is 17.3 Å². The minimum Gasteiger partial charge on any atom is -0.475 e. The third-order valence-electron chi connectivity index (χ3n) is 2.97. The van der Waals surface area contributed by atoms with E-state index in [1.54, 1.807) is 0 Å². The van der Waals surface area contributed by atoms with Gasteiger partial charge in [0.05, 0.1) is 18.3 Å². The first-order valence-corrected chi connectivity index (χ1v) is 7.30. The molecule has 0 N–H and O–H groups in total. The van der Waals surface area contributed by atoms with Crippen molar-refractivity contribution < 1.29 is 13.0 Å². The summed E-state index contributed by atoms with van der Waals surface area (Å²) in [6.45, 7) is -2.74. The fourth-order valence-corrected chi connectivity index (χ4v) is 2.49. The second-order valence-corrected chi connectivity index (χ2v) is 5.05. The van der Waals surface area contributed by atoms with Gasteiger partial charge in [0.1, 0.15) is 5.69 Å². The van der Waals surface area contributed by atoms with Gasteiger partial charge in [0.25, 0.3) is 5.88 Å². The van der Waals surface area contributed by atoms with Crippen molar-refractivity contribution in [3.63, 3.8) is 0 Å². The Morgan fingerprint density at radius 1 is 1.42 bits per heavy atom. The Kier molecular flexibility index (Phi) is 3.35. The van der Waals surface area contributed by atoms with E-state index >= 15 is 0 Å². The maximum Gasteiger partial charge on any atom is 0.253 e. The van der Waals surface area contributed by atoms with Crippen LogP contribution in [0.4, 0.5) is 0 Å². The highest BCUT2D eigenvalue weighted by molar-refractivity contribution is 6.99. The van der Waals surface area contributed by atoms with Crippen LogP contribution in [0.5, 0.6) is 5.88 Å². The monoisotopic (exact) mass is 287 g/mol. The first-order valence-electron chi connectivity index (χ1n) is 9.57. The molecule has 0 unspecified atom stereocenters. The van der Waals surface area contributed by atoms with Crippen LogP contribution >= 0.6 is 11.7 Å². The molecule has 4 nitrogen and oxygen atoms in total. The van der Waals surface area contributed by atoms with Gasteiger partial charge in [0.2, 0.25) is 0 Å². The molecule has 2 heterocycles. The highest BCUT2D eigenvalue weighted by Gasteiger charge is 2.18. The lowest BCUT2D eigenvalue weighted by atomic mass is 10.1. The second-order valence-electron chi connectivity index (χ2n) is 4.52. The number of ether oxygens (including phenoxy) is 1. The van der Waals surface area contributed by atoms with E-state index in [1.807, 2.05) is 6.08 Å². The molecule has 0 aromatic carbocycles. The number of rotatable bonds is 7. The van der Waals surface area contributed by atoms with Crippen molar-refractivity contribution in [2.24, 2.45) is 0 Å². The molecule has 0 saturated heterocycles. The fraction of sp³-hybridized carbons (Fsp3) is 0.714. The van der Waals surface area contributed by atoms with E-state index in [2.05, 4.69) is 8.75 Å². The first kappa shape index (κ1) is 8.37. The standard InChI is InChI=1S/C14H23N3OS/c1-3-4-5-6-10-18-14-13(15-19-16-14)12-8-7-9-17(2)11-12/h8H,3-7,9-11H2,1-2H3/i1D3,2D3. The molecule has 0 saturated carbocycles. The van der Waals surface area contributed by atoms with Gasteiger partial charge in [-0.15, -0.1) is 4.37 Å². The highest BCUT2D eigenvalue weighted by Crippen LogP contribution is 2.27. The van der Waals surface area contributed by atoms with Crippen molar-refractivity contribution in [1.29, 1.82) is 0 Å². The van der Waals surface area contributed by atoms with E-state index in [9.17, 15) is 0 Å². The van der Waals surface area contributed by atoms with Crippen molar-refractivity contribution in [1.82, 2.24) is 13.6 Å². The van der Waals surface area contributed by atoms with E-state index < -0.39 is 13.8 Å². The third kappa shape index (κ3) is 4.28. The van der Waals surface area contributed by atoms with E-state index in [-0.39, 0.29) is 6.42 Å². The van der Waals surface area contributed by atoms with Crippen molar-refractivity contribution in [2.75, 3.05) is 26.7 Å². The second kappa shape index (κ2) is 7.60. The van der Waals surface area contributed by atoms with E-state index in [0.29, 0.717) is 44.1 Å². The van der Waals surface area contributed by atoms with E-state index in [4.69, 9.17) is 13.0 Å². The molecule has 1 aromatic rings. The molecular formula is C14H23N3OS. The van der Waals surface area contributed by atoms with Crippen LogP contribution in [0.3, 0.4) is 0 Å². The van der Waals surface area contributed by atoms with Crippen LogP contribution in [0.1, 0.15) is 52.9 Å². The molecule has 0 fully saturated rings. The van der Waals surface area contributed by atoms with Crippen LogP contribution in [0.15, 0.2) is 6.08 Å². The van der Waals surface area contributed by atoms with Gasteiger partial charge in [0.15, 0.2) is 0 Å². The fourth-order valence-electron chi connectivity index (χ4n) is 1.96. The molecule has 2 rings (SSSR count). The smallest absolute Gasteiger partial charge is 0.253 e. The summed E-state index contributed by atoms with van der Waals surface area (Å²) in [5.41, 5.74) is 1.44. The topological polar surface area (TPSA) is 38.3 Å². The summed E-state index contributed by atoms with van der Waals surface area (Å²) in [7, 11) is 0. The summed E-state index contributed by atoms with van der Waals surface area (Å²) in [4.78, 5) is 1.44. The molecule has 0 bridgehead atoms. The molecule has 19 heavy (non-hydrogen) atoms. The zero-order valence-corrected chi connectivity index (χ0v) is 11.7. The lowest BCUT2D eigenvalue weighted by Gasteiger charge is -2.22. The molecular weight excluding hydrogens is 258 g/mol. The Bertz CT molecular complexity index is 584. The molecule has 0 radical (unpaired) electrons. The highest BCUT2D eigenvalue weighted by atomic mass is 32.1. The molecule has 0 aliphatic carbocycles. The van der Waals surface area contributed by atoms with Crippen LogP contribution in [0.25, 0.3) is 5.57 Å². The summed E-state index contributed by atoms with van der Waals surface area (Å²) in [6, 6.07) is 0. The number of nitrogens with zero attached hydrogens (tertiary/aromatic N) is 3. The maximum absolute atomic E-state index is 7.54. The zero-order chi connectivity index (χ0) is 18.5. The summed E-state index contributed by atoms with van der Waals surface area (Å²) in [6.07, 6.45) is 5.02. The van der Waals surface area contributed by atoms with E-state index in [0.717, 1.165) is 30.1 Å². The normalized spacial score (nSPS) is 22.4. The Balaban J connectivity index is 1.83. The van der Waals surface area contributed by atoms with Gasteiger partial charge in [-0.3, -0.25) is 0 Å². The predicted molar refractivity (Wildman–Crippen MR) is 79.6 cm³/mol. The molecule has 1 aliphatic heterocycles. The molecule has 5 heteroatoms. The van der Waals surface area contributed by atoms with Crippen LogP contribution in [0, 0.1) is 0 Å². The lowest BCUT2D eigenvalue weighted by molar-refractivity contribution is 0.294. The van der Waals surface area contributed by atoms with Gasteiger partial charge < -0.3 is 9.64 Å². The predicted octanol–water partition coefficient (Wildman–Crippen LogP) is 3.22. The molecule has 0 spiro atoms. The van der Waals surface area contributed by atoms with Gasteiger partial charge >= 0.3 is 0 Å². The Morgan fingerprint density at radius 3 is 3.32 bits per heavy atom. The van der Waals surface area contributed by atoms with Crippen LogP contribution in [-0.4, -0.2) is 40.3 Å². The van der Waals surface area contributed by atoms with Crippen molar-refractivity contribution in [3.05, 3.63) is 11.8 Å². The number of hydrogen-bond donors (Lipinski definition) is 0. The van der Waals surface area contributed by atoms with E-state index in [1.165, 1.54) is 4.90 Å². The Morgan fingerprint density at radius 2 is 2.42 bits per heavy atom. The molecule has 0 amide bonds. The van der Waals surface area contributed by atoms with Gasteiger partial charge in [-0.05, 0) is 25.4 Å². The Hall–Kier alpha value is -0.940. The molecule has 1 aliphatic rings. The number of aromatic nitrogens is 2. The van der Waals surface area contributed by atoms with Crippen LogP contribution in [-0.2, 0) is 0 Å². The number of unbranched alkanes of at least 4 members (excludes halogenated alkanes) is 2. The largest absolute Gasteiger partial charge is 0.475 e. The molecule has 0 atom stereocenters. The average Bonchev–Trinajstić information content (AvgIpc) is 2.97. The SMILES string of the molecule is [2H]C([2H])([2H])CCCCCOc1nsnc1C1=CCCN(C([2H])([2H])[2H])C1. The Labute approximate surface area is 128 Å². The molecule has 1 aromatic heterocycles. The maximum atomic E-state index is 7.54. The lowest BCUT2D eigenvalue weighted by Crippen LogP contribution is -2.25. The summed E-state index contributed by atoms with van der Waals surface area (Å²) in [5.74, 6) is 0.430. The first-order chi connectivity index (χ1) is 11.7. The number of hydrogen-bond acceptors (Lipinski definition) is 5. The molecule has 106 valence electrons. The summed E-state index contributed by atoms with van der Waals surface area (Å²) < 4.78 is 58.2. The van der Waals surface area contributed by atoms with Gasteiger partial charge in [-0.1, -0.05) is 32.2 Å². The van der Waals surface area contributed by atoms with Crippen LogP contribution in [0.2, 0.25) is 0 Å². The van der Waals surface area contributed by atoms with Gasteiger partial charge in [-0.25, -0.2) is 0 Å². The average molecular weight is 287 g/mol. The van der Waals surface area contributed by atoms with Crippen molar-refractivity contribution in [2.45, 2.75) is 39.0 Å². The van der Waals surface area contributed by atoms with Crippen LogP contribution < -0.4 is 4.74 Å². The zero-order valence-electron chi connectivity index (χ0n) is 16.9. The third-order valence-corrected chi connectivity index (χ3v) is 3.49. The minimum atomic E-state index is -2.12. The van der Waals surface area contributed by atoms with Gasteiger partial charge in [-0.2, -0.15) is 4.37 Å². The van der Waals surface area contributed by atoms with Crippen molar-refractivity contribution in [3.8, 4) is 5.88 Å². The van der Waals surface area contributed by atoms with Gasteiger partial charge in [0, 0.05) is 21.3 Å². The quantitative estimate of drug-likeness (QED) is 0.722. The summed E-state index contributed by atoms with van der Waals surface area (Å²) >= 11 is 1.04. The minimum absolute atomic E-state index is 0.217.